The number of hydrogen-bond donors (Lipinski definition) is 0. The van der Waals surface area contributed by atoms with Crippen LogP contribution in [0.4, 0.5) is 11.4 Å². The fraction of sp³-hybridized carbons (Fsp3) is 0.123. The first-order chi connectivity index (χ1) is 28.6. The molecule has 0 amide bonds. The van der Waals surface area contributed by atoms with Gasteiger partial charge in [0.05, 0.1) is 16.7 Å². The first-order valence-corrected chi connectivity index (χ1v) is 20.8. The van der Waals surface area contributed by atoms with Crippen LogP contribution in [0, 0.1) is 0 Å². The van der Waals surface area contributed by atoms with Crippen LogP contribution in [0.5, 0.6) is 0 Å². The predicted octanol–water partition coefficient (Wildman–Crippen LogP) is 15.1. The van der Waals surface area contributed by atoms with Gasteiger partial charge in [0.15, 0.2) is 0 Å². The van der Waals surface area contributed by atoms with Crippen molar-refractivity contribution in [2.24, 2.45) is 0 Å². The Balaban J connectivity index is 1.09. The summed E-state index contributed by atoms with van der Waals surface area (Å²) in [7, 11) is 0. The second kappa shape index (κ2) is 12.8. The van der Waals surface area contributed by atoms with Crippen molar-refractivity contribution in [1.82, 2.24) is 4.57 Å². The standard InChI is InChI=1S/C57H46N2/c1-36-24-25-40-32-38(39-27-31-54-48(33-39)46-20-12-15-23-53(46)58(54)41-16-8-7-9-17-41)26-30-52(40)59(55(36)35-47-37(2)56(3,4)49-21-13-11-19-44(47)49)42-28-29-45-43-18-10-14-22-50(43)57(5,6)51(45)34-42/h7-35H,2H2,1,3-6H3. The van der Waals surface area contributed by atoms with Gasteiger partial charge in [-0.2, -0.15) is 0 Å². The molecular formula is C57H46N2. The topological polar surface area (TPSA) is 8.17 Å². The maximum atomic E-state index is 4.72. The number of nitrogens with zero attached hydrogens (tertiary/aromatic N) is 2. The molecule has 2 aliphatic carbocycles. The molecule has 284 valence electrons. The van der Waals surface area contributed by atoms with Crippen molar-refractivity contribution < 1.29 is 0 Å². The van der Waals surface area contributed by atoms with Crippen molar-refractivity contribution >= 4 is 44.8 Å². The third-order valence-electron chi connectivity index (χ3n) is 13.5. The summed E-state index contributed by atoms with van der Waals surface area (Å²) in [5.41, 5.74) is 21.9. The Morgan fingerprint density at radius 3 is 1.97 bits per heavy atom. The van der Waals surface area contributed by atoms with Crippen LogP contribution in [0.3, 0.4) is 0 Å². The summed E-state index contributed by atoms with van der Waals surface area (Å²) in [5, 5.41) is 2.51. The van der Waals surface area contributed by atoms with Crippen molar-refractivity contribution in [2.45, 2.75) is 45.4 Å². The van der Waals surface area contributed by atoms with E-state index in [2.05, 4.69) is 220 Å². The fourth-order valence-electron chi connectivity index (χ4n) is 10.2. The van der Waals surface area contributed by atoms with Crippen LogP contribution in [-0.2, 0) is 10.8 Å². The predicted molar refractivity (Wildman–Crippen MR) is 251 cm³/mol. The molecule has 11 rings (SSSR count). The normalized spacial score (nSPS) is 16.7. The number of rotatable bonds is 4. The number of hydrogen-bond acceptors (Lipinski definition) is 1. The lowest BCUT2D eigenvalue weighted by atomic mass is 9.82. The molecule has 2 nitrogen and oxygen atoms in total. The van der Waals surface area contributed by atoms with Crippen molar-refractivity contribution in [1.29, 1.82) is 0 Å². The average Bonchev–Trinajstić information content (AvgIpc) is 3.74. The molecule has 0 unspecified atom stereocenters. The number of allylic oxidation sites excluding steroid dienone is 5. The third-order valence-corrected chi connectivity index (χ3v) is 13.5. The molecule has 3 aliphatic rings. The quantitative estimate of drug-likeness (QED) is 0.174. The van der Waals surface area contributed by atoms with E-state index in [9.17, 15) is 0 Å². The first kappa shape index (κ1) is 35.3. The molecule has 59 heavy (non-hydrogen) atoms. The summed E-state index contributed by atoms with van der Waals surface area (Å²) in [4.78, 5) is 2.50. The molecule has 0 atom stereocenters. The molecule has 0 spiro atoms. The summed E-state index contributed by atoms with van der Waals surface area (Å²) < 4.78 is 2.38. The number of benzene rings is 7. The van der Waals surface area contributed by atoms with E-state index in [4.69, 9.17) is 6.58 Å². The van der Waals surface area contributed by atoms with Gasteiger partial charge in [0.2, 0.25) is 0 Å². The van der Waals surface area contributed by atoms with Gasteiger partial charge in [0, 0.05) is 38.7 Å². The largest absolute Gasteiger partial charge is 0.310 e. The van der Waals surface area contributed by atoms with Gasteiger partial charge in [-0.05, 0) is 134 Å². The van der Waals surface area contributed by atoms with Gasteiger partial charge >= 0.3 is 0 Å². The number of fused-ring (bicyclic) bond motifs is 8. The minimum atomic E-state index is -0.160. The smallest absolute Gasteiger partial charge is 0.0541 e. The van der Waals surface area contributed by atoms with Crippen molar-refractivity contribution in [3.05, 3.63) is 221 Å². The van der Waals surface area contributed by atoms with E-state index in [-0.39, 0.29) is 10.8 Å². The van der Waals surface area contributed by atoms with Gasteiger partial charge in [-0.15, -0.1) is 0 Å². The Kier molecular flexibility index (Phi) is 7.65. The molecule has 1 aromatic heterocycles. The summed E-state index contributed by atoms with van der Waals surface area (Å²) in [6.45, 7) is 16.3. The maximum Gasteiger partial charge on any atom is 0.0541 e. The minimum Gasteiger partial charge on any atom is -0.310 e. The molecule has 0 bridgehead atoms. The van der Waals surface area contributed by atoms with Crippen molar-refractivity contribution in [3.8, 4) is 27.9 Å². The molecule has 1 aliphatic heterocycles. The van der Waals surface area contributed by atoms with E-state index in [0.29, 0.717) is 0 Å². The lowest BCUT2D eigenvalue weighted by Gasteiger charge is -2.30. The average molecular weight is 759 g/mol. The van der Waals surface area contributed by atoms with E-state index in [1.54, 1.807) is 0 Å². The first-order valence-electron chi connectivity index (χ1n) is 20.8. The maximum absolute atomic E-state index is 4.72. The Hall–Kier alpha value is -6.90. The summed E-state index contributed by atoms with van der Waals surface area (Å²) in [5.74, 6) is 0. The van der Waals surface area contributed by atoms with Gasteiger partial charge < -0.3 is 9.47 Å². The van der Waals surface area contributed by atoms with Crippen molar-refractivity contribution in [3.63, 3.8) is 0 Å². The fourth-order valence-corrected chi connectivity index (χ4v) is 10.2. The number of anilines is 2. The lowest BCUT2D eigenvalue weighted by molar-refractivity contribution is 0.660. The molecule has 0 fully saturated rings. The van der Waals surface area contributed by atoms with Crippen LogP contribution in [0.1, 0.15) is 62.4 Å². The molecule has 2 heteroatoms. The highest BCUT2D eigenvalue weighted by Crippen LogP contribution is 2.53. The van der Waals surface area contributed by atoms with Gasteiger partial charge in [-0.1, -0.05) is 150 Å². The Bertz CT molecular complexity index is 3180. The number of aromatic nitrogens is 1. The Labute approximate surface area is 347 Å². The zero-order chi connectivity index (χ0) is 40.2. The van der Waals surface area contributed by atoms with Crippen LogP contribution < -0.4 is 4.90 Å². The zero-order valence-electron chi connectivity index (χ0n) is 34.3. The molecule has 0 N–H and O–H groups in total. The van der Waals surface area contributed by atoms with Crippen LogP contribution >= 0.6 is 0 Å². The second-order valence-corrected chi connectivity index (χ2v) is 17.5. The van der Waals surface area contributed by atoms with E-state index in [1.807, 2.05) is 0 Å². The SMILES string of the molecule is C=C1C(=CC2=C(C)C=Cc3cc(-c4ccc5c(c4)c4ccccc4n5-c4ccccc4)ccc3N2c2ccc3c(c2)C(C)(C)c2ccccc2-3)c2ccccc2C1(C)C. The summed E-state index contributed by atoms with van der Waals surface area (Å²) >= 11 is 0. The summed E-state index contributed by atoms with van der Waals surface area (Å²) in [6, 6.07) is 58.3. The summed E-state index contributed by atoms with van der Waals surface area (Å²) in [6.07, 6.45) is 7.01. The number of para-hydroxylation sites is 2. The van der Waals surface area contributed by atoms with Crippen LogP contribution in [0.2, 0.25) is 0 Å². The highest BCUT2D eigenvalue weighted by atomic mass is 15.2. The van der Waals surface area contributed by atoms with Gasteiger partial charge in [0.25, 0.3) is 0 Å². The highest BCUT2D eigenvalue weighted by Gasteiger charge is 2.38. The van der Waals surface area contributed by atoms with Crippen LogP contribution in [-0.4, -0.2) is 4.57 Å². The van der Waals surface area contributed by atoms with Gasteiger partial charge in [-0.25, -0.2) is 0 Å². The van der Waals surface area contributed by atoms with E-state index in [1.165, 1.54) is 88.7 Å². The van der Waals surface area contributed by atoms with Crippen LogP contribution in [0.25, 0.3) is 61.4 Å². The van der Waals surface area contributed by atoms with Crippen LogP contribution in [0.15, 0.2) is 193 Å². The zero-order valence-corrected chi connectivity index (χ0v) is 34.3. The molecule has 8 aromatic rings. The van der Waals surface area contributed by atoms with E-state index in [0.717, 1.165) is 22.6 Å². The molecule has 0 saturated heterocycles. The molecule has 7 aromatic carbocycles. The van der Waals surface area contributed by atoms with E-state index >= 15 is 0 Å². The molecule has 2 heterocycles. The molecule has 0 radical (unpaired) electrons. The Morgan fingerprint density at radius 2 is 1.15 bits per heavy atom. The van der Waals surface area contributed by atoms with E-state index < -0.39 is 0 Å². The second-order valence-electron chi connectivity index (χ2n) is 17.5. The monoisotopic (exact) mass is 758 g/mol. The Morgan fingerprint density at radius 1 is 0.508 bits per heavy atom. The molecular weight excluding hydrogens is 713 g/mol. The lowest BCUT2D eigenvalue weighted by Crippen LogP contribution is -2.19. The van der Waals surface area contributed by atoms with Crippen molar-refractivity contribution in [2.75, 3.05) is 4.90 Å². The van der Waals surface area contributed by atoms with Gasteiger partial charge in [-0.3, -0.25) is 0 Å². The third kappa shape index (κ3) is 5.19. The molecule has 0 saturated carbocycles. The van der Waals surface area contributed by atoms with Gasteiger partial charge in [0.1, 0.15) is 0 Å². The highest BCUT2D eigenvalue weighted by molar-refractivity contribution is 6.10. The minimum absolute atomic E-state index is 0.124.